The molecular formula is C3H7Cl2NO. The summed E-state index contributed by atoms with van der Waals surface area (Å²) in [6.45, 7) is 0.406. The molecule has 0 aliphatic rings. The van der Waals surface area contributed by atoms with E-state index in [0.717, 1.165) is 0 Å². The SMILES string of the molecule is Cl.ONC/C=C/Cl. The minimum Gasteiger partial charge on any atom is -0.317 e. The van der Waals surface area contributed by atoms with E-state index in [1.54, 1.807) is 6.08 Å². The molecule has 0 aliphatic carbocycles. The molecule has 0 heterocycles. The van der Waals surface area contributed by atoms with E-state index in [4.69, 9.17) is 16.8 Å². The summed E-state index contributed by atoms with van der Waals surface area (Å²) in [5.74, 6) is 0. The Morgan fingerprint density at radius 1 is 1.71 bits per heavy atom. The lowest BCUT2D eigenvalue weighted by Gasteiger charge is -1.80. The van der Waals surface area contributed by atoms with Crippen molar-refractivity contribution in [1.29, 1.82) is 0 Å². The molecule has 0 aromatic heterocycles. The van der Waals surface area contributed by atoms with Crippen molar-refractivity contribution >= 4 is 24.0 Å². The molecule has 0 saturated heterocycles. The lowest BCUT2D eigenvalue weighted by atomic mass is 10.7. The van der Waals surface area contributed by atoms with Crippen LogP contribution in [0.15, 0.2) is 11.6 Å². The van der Waals surface area contributed by atoms with Gasteiger partial charge < -0.3 is 5.21 Å². The molecule has 2 N–H and O–H groups in total. The van der Waals surface area contributed by atoms with E-state index in [2.05, 4.69) is 0 Å². The zero-order chi connectivity index (χ0) is 4.83. The highest BCUT2D eigenvalue weighted by Gasteiger charge is 1.63. The third-order valence-corrected chi connectivity index (χ3v) is 0.476. The predicted octanol–water partition coefficient (Wildman–Crippen LogP) is 1.14. The van der Waals surface area contributed by atoms with Gasteiger partial charge in [0.25, 0.3) is 0 Å². The second-order valence-electron chi connectivity index (χ2n) is 0.724. The van der Waals surface area contributed by atoms with Gasteiger partial charge >= 0.3 is 0 Å². The van der Waals surface area contributed by atoms with Crippen LogP contribution in [0.5, 0.6) is 0 Å². The number of halogens is 2. The van der Waals surface area contributed by atoms with Gasteiger partial charge in [-0.3, -0.25) is 0 Å². The highest BCUT2D eigenvalue weighted by molar-refractivity contribution is 6.25. The van der Waals surface area contributed by atoms with E-state index in [1.165, 1.54) is 5.54 Å². The summed E-state index contributed by atoms with van der Waals surface area (Å²) in [6.07, 6.45) is 1.58. The monoisotopic (exact) mass is 143 g/mol. The molecule has 0 spiro atoms. The average molecular weight is 144 g/mol. The zero-order valence-corrected chi connectivity index (χ0v) is 5.17. The smallest absolute Gasteiger partial charge is 0.0399 e. The van der Waals surface area contributed by atoms with Crippen molar-refractivity contribution in [2.45, 2.75) is 0 Å². The van der Waals surface area contributed by atoms with E-state index in [0.29, 0.717) is 6.54 Å². The van der Waals surface area contributed by atoms with Gasteiger partial charge in [0.15, 0.2) is 0 Å². The Balaban J connectivity index is 0. The molecule has 44 valence electrons. The van der Waals surface area contributed by atoms with Crippen molar-refractivity contribution < 1.29 is 5.21 Å². The Bertz CT molecular complexity index is 48.2. The first-order valence-corrected chi connectivity index (χ1v) is 1.97. The minimum atomic E-state index is 0. The molecule has 0 radical (unpaired) electrons. The fraction of sp³-hybridized carbons (Fsp3) is 0.333. The van der Waals surface area contributed by atoms with Gasteiger partial charge in [-0.25, -0.2) is 5.48 Å². The molecule has 0 atom stereocenters. The van der Waals surface area contributed by atoms with Crippen molar-refractivity contribution in [3.63, 3.8) is 0 Å². The Labute approximate surface area is 53.5 Å². The molecular weight excluding hydrogens is 137 g/mol. The van der Waals surface area contributed by atoms with Crippen molar-refractivity contribution in [2.24, 2.45) is 0 Å². The summed E-state index contributed by atoms with van der Waals surface area (Å²) in [4.78, 5) is 0. The lowest BCUT2D eigenvalue weighted by Crippen LogP contribution is -2.04. The quantitative estimate of drug-likeness (QED) is 0.569. The number of rotatable bonds is 2. The first-order valence-electron chi connectivity index (χ1n) is 1.54. The average Bonchev–Trinajstić information content (AvgIpc) is 1.61. The van der Waals surface area contributed by atoms with Crippen LogP contribution in [-0.4, -0.2) is 11.8 Å². The molecule has 0 unspecified atom stereocenters. The maximum Gasteiger partial charge on any atom is 0.0399 e. The van der Waals surface area contributed by atoms with Gasteiger partial charge in [-0.15, -0.1) is 12.4 Å². The number of hydrogen-bond acceptors (Lipinski definition) is 2. The van der Waals surface area contributed by atoms with Crippen LogP contribution in [-0.2, 0) is 0 Å². The predicted molar refractivity (Wildman–Crippen MR) is 32.0 cm³/mol. The summed E-state index contributed by atoms with van der Waals surface area (Å²) in [6, 6.07) is 0. The maximum absolute atomic E-state index is 7.84. The molecule has 0 aromatic rings. The zero-order valence-electron chi connectivity index (χ0n) is 3.60. The van der Waals surface area contributed by atoms with Gasteiger partial charge in [-0.05, 0) is 0 Å². The Morgan fingerprint density at radius 2 is 2.29 bits per heavy atom. The highest BCUT2D eigenvalue weighted by Crippen LogP contribution is 1.72. The summed E-state index contributed by atoms with van der Waals surface area (Å²) >= 11 is 5.05. The molecule has 0 aromatic carbocycles. The molecule has 7 heavy (non-hydrogen) atoms. The molecule has 0 bridgehead atoms. The van der Waals surface area contributed by atoms with Gasteiger partial charge in [-0.1, -0.05) is 17.7 Å². The van der Waals surface area contributed by atoms with E-state index < -0.39 is 0 Å². The maximum atomic E-state index is 7.84. The minimum absolute atomic E-state index is 0. The molecule has 0 fully saturated rings. The molecule has 2 nitrogen and oxygen atoms in total. The largest absolute Gasteiger partial charge is 0.317 e. The summed E-state index contributed by atoms with van der Waals surface area (Å²) in [5, 5.41) is 7.84. The molecule has 0 rings (SSSR count). The van der Waals surface area contributed by atoms with Crippen molar-refractivity contribution in [1.82, 2.24) is 5.48 Å². The van der Waals surface area contributed by atoms with Gasteiger partial charge in [0.2, 0.25) is 0 Å². The number of nitrogens with one attached hydrogen (secondary N) is 1. The van der Waals surface area contributed by atoms with Crippen LogP contribution in [0, 0.1) is 0 Å². The van der Waals surface area contributed by atoms with Gasteiger partial charge in [-0.2, -0.15) is 0 Å². The third kappa shape index (κ3) is 10.7. The standard InChI is InChI=1S/C3H6ClNO.ClH/c4-2-1-3-5-6;/h1-2,5-6H,3H2;1H/b2-1+;. The van der Waals surface area contributed by atoms with Crippen molar-refractivity contribution in [2.75, 3.05) is 6.54 Å². The van der Waals surface area contributed by atoms with Crippen LogP contribution in [0.2, 0.25) is 0 Å². The molecule has 4 heteroatoms. The Hall–Kier alpha value is 0.240. The summed E-state index contributed by atoms with van der Waals surface area (Å²) in [5.41, 5.74) is 3.23. The van der Waals surface area contributed by atoms with Gasteiger partial charge in [0.05, 0.1) is 0 Å². The first-order chi connectivity index (χ1) is 2.91. The van der Waals surface area contributed by atoms with Crippen molar-refractivity contribution in [3.8, 4) is 0 Å². The fourth-order valence-electron chi connectivity index (χ4n) is 0.0972. The Morgan fingerprint density at radius 3 is 2.43 bits per heavy atom. The van der Waals surface area contributed by atoms with Crippen molar-refractivity contribution in [3.05, 3.63) is 11.6 Å². The second kappa shape index (κ2) is 9.53. The molecule has 0 amide bonds. The molecule has 0 saturated carbocycles. The van der Waals surface area contributed by atoms with Crippen LogP contribution in [0.4, 0.5) is 0 Å². The van der Waals surface area contributed by atoms with E-state index >= 15 is 0 Å². The Kier molecular flexibility index (Phi) is 14.0. The highest BCUT2D eigenvalue weighted by atomic mass is 35.5. The second-order valence-corrected chi connectivity index (χ2v) is 0.976. The summed E-state index contributed by atoms with van der Waals surface area (Å²) < 4.78 is 0. The van der Waals surface area contributed by atoms with Crippen LogP contribution in [0.3, 0.4) is 0 Å². The van der Waals surface area contributed by atoms with Gasteiger partial charge in [0, 0.05) is 12.1 Å². The van der Waals surface area contributed by atoms with E-state index in [9.17, 15) is 0 Å². The topological polar surface area (TPSA) is 32.3 Å². The third-order valence-electron chi connectivity index (χ3n) is 0.298. The van der Waals surface area contributed by atoms with Gasteiger partial charge in [0.1, 0.15) is 0 Å². The van der Waals surface area contributed by atoms with E-state index in [-0.39, 0.29) is 12.4 Å². The van der Waals surface area contributed by atoms with Crippen LogP contribution in [0.1, 0.15) is 0 Å². The fourth-order valence-corrected chi connectivity index (χ4v) is 0.186. The van der Waals surface area contributed by atoms with Crippen LogP contribution >= 0.6 is 24.0 Å². The van der Waals surface area contributed by atoms with Crippen LogP contribution in [0.25, 0.3) is 0 Å². The van der Waals surface area contributed by atoms with E-state index in [1.807, 2.05) is 5.48 Å². The van der Waals surface area contributed by atoms with Crippen LogP contribution < -0.4 is 5.48 Å². The number of hydrogen-bond donors (Lipinski definition) is 2. The normalized spacial score (nSPS) is 8.86. The lowest BCUT2D eigenvalue weighted by molar-refractivity contribution is 0.179. The molecule has 0 aliphatic heterocycles. The first kappa shape index (κ1) is 10.3. The number of hydroxylamine groups is 1. The summed E-state index contributed by atoms with van der Waals surface area (Å²) in [7, 11) is 0.